The van der Waals surface area contributed by atoms with Crippen LogP contribution in [0.5, 0.6) is 0 Å². The van der Waals surface area contributed by atoms with Gasteiger partial charge in [-0.15, -0.1) is 0 Å². The summed E-state index contributed by atoms with van der Waals surface area (Å²) in [5, 5.41) is 9.16. The second kappa shape index (κ2) is 4.31. The van der Waals surface area contributed by atoms with E-state index in [1.807, 2.05) is 19.1 Å². The third-order valence-corrected chi connectivity index (χ3v) is 3.22. The van der Waals surface area contributed by atoms with E-state index in [0.29, 0.717) is 22.6 Å². The fourth-order valence-electron chi connectivity index (χ4n) is 2.33. The minimum Gasteiger partial charge on any atom is -0.317 e. The summed E-state index contributed by atoms with van der Waals surface area (Å²) < 4.78 is 1.58. The van der Waals surface area contributed by atoms with Crippen molar-refractivity contribution in [3.63, 3.8) is 0 Å². The number of rotatable bonds is 1. The predicted octanol–water partition coefficient (Wildman–Crippen LogP) is 1.57. The number of aryl methyl sites for hydroxylation is 2. The number of aromatic nitrogens is 4. The molecule has 0 saturated carbocycles. The third kappa shape index (κ3) is 1.61. The van der Waals surface area contributed by atoms with E-state index in [1.165, 1.54) is 0 Å². The van der Waals surface area contributed by atoms with Gasteiger partial charge in [-0.3, -0.25) is 14.2 Å². The standard InChI is InChI=1S/C14H11N5O/c1-8-13-14(20)18-12(10-5-3-4-6-16-10)9(2)19(13)11(7-15)17-8/h3-6H,1-2H3,(H,18,20). The first-order valence-electron chi connectivity index (χ1n) is 6.07. The molecule has 0 aliphatic rings. The van der Waals surface area contributed by atoms with E-state index in [-0.39, 0.29) is 11.4 Å². The SMILES string of the molecule is Cc1nc(C#N)n2c(C)c(-c3ccccn3)[nH]c(=O)c12. The van der Waals surface area contributed by atoms with Gasteiger partial charge in [-0.25, -0.2) is 4.98 Å². The lowest BCUT2D eigenvalue weighted by Gasteiger charge is -2.08. The number of H-pyrrole nitrogens is 1. The van der Waals surface area contributed by atoms with Crippen molar-refractivity contribution < 1.29 is 0 Å². The topological polar surface area (TPSA) is 86.8 Å². The Morgan fingerprint density at radius 2 is 2.15 bits per heavy atom. The molecule has 0 amide bonds. The van der Waals surface area contributed by atoms with Gasteiger partial charge in [-0.05, 0) is 26.0 Å². The molecule has 0 bridgehead atoms. The van der Waals surface area contributed by atoms with Gasteiger partial charge in [0.2, 0.25) is 5.82 Å². The van der Waals surface area contributed by atoms with Crippen LogP contribution in [0.25, 0.3) is 16.9 Å². The van der Waals surface area contributed by atoms with Crippen LogP contribution >= 0.6 is 0 Å². The minimum atomic E-state index is -0.275. The molecule has 0 spiro atoms. The van der Waals surface area contributed by atoms with Gasteiger partial charge in [0, 0.05) is 11.9 Å². The number of hydrogen-bond donors (Lipinski definition) is 1. The third-order valence-electron chi connectivity index (χ3n) is 3.22. The molecule has 0 atom stereocenters. The van der Waals surface area contributed by atoms with Crippen LogP contribution in [-0.2, 0) is 0 Å². The molecule has 0 aliphatic heterocycles. The highest BCUT2D eigenvalue weighted by Gasteiger charge is 2.17. The molecule has 0 aliphatic carbocycles. The summed E-state index contributed by atoms with van der Waals surface area (Å²) >= 11 is 0. The van der Waals surface area contributed by atoms with Gasteiger partial charge in [0.15, 0.2) is 0 Å². The maximum atomic E-state index is 12.2. The minimum absolute atomic E-state index is 0.207. The van der Waals surface area contributed by atoms with E-state index in [4.69, 9.17) is 5.26 Å². The highest BCUT2D eigenvalue weighted by molar-refractivity contribution is 5.63. The summed E-state index contributed by atoms with van der Waals surface area (Å²) in [6, 6.07) is 7.47. The predicted molar refractivity (Wildman–Crippen MR) is 73.2 cm³/mol. The van der Waals surface area contributed by atoms with Crippen molar-refractivity contribution in [2.24, 2.45) is 0 Å². The highest BCUT2D eigenvalue weighted by atomic mass is 16.1. The van der Waals surface area contributed by atoms with Crippen LogP contribution in [0.1, 0.15) is 17.2 Å². The fraction of sp³-hybridized carbons (Fsp3) is 0.143. The summed E-state index contributed by atoms with van der Waals surface area (Å²) in [7, 11) is 0. The zero-order valence-electron chi connectivity index (χ0n) is 11.0. The molecule has 20 heavy (non-hydrogen) atoms. The molecule has 3 aromatic rings. The number of nitrogens with one attached hydrogen (secondary N) is 1. The van der Waals surface area contributed by atoms with Crippen molar-refractivity contribution in [2.45, 2.75) is 13.8 Å². The first kappa shape index (κ1) is 12.1. The molecular formula is C14H11N5O. The maximum absolute atomic E-state index is 12.2. The number of pyridine rings is 1. The van der Waals surface area contributed by atoms with Crippen molar-refractivity contribution >= 4 is 5.52 Å². The number of aromatic amines is 1. The average Bonchev–Trinajstić information content (AvgIpc) is 2.81. The Hall–Kier alpha value is -2.94. The highest BCUT2D eigenvalue weighted by Crippen LogP contribution is 2.20. The van der Waals surface area contributed by atoms with E-state index >= 15 is 0 Å². The number of hydrogen-bond acceptors (Lipinski definition) is 4. The first-order valence-corrected chi connectivity index (χ1v) is 6.07. The van der Waals surface area contributed by atoms with Gasteiger partial charge in [-0.2, -0.15) is 5.26 Å². The monoisotopic (exact) mass is 265 g/mol. The summed E-state index contributed by atoms with van der Waals surface area (Å²) in [5.41, 5.74) is 2.65. The van der Waals surface area contributed by atoms with Gasteiger partial charge < -0.3 is 4.98 Å². The Kier molecular flexibility index (Phi) is 2.61. The number of imidazole rings is 1. The summed E-state index contributed by atoms with van der Waals surface area (Å²) in [4.78, 5) is 23.4. The van der Waals surface area contributed by atoms with Gasteiger partial charge in [0.25, 0.3) is 5.56 Å². The lowest BCUT2D eigenvalue weighted by molar-refractivity contribution is 0.996. The quantitative estimate of drug-likeness (QED) is 0.723. The Labute approximate surface area is 114 Å². The van der Waals surface area contributed by atoms with Crippen LogP contribution in [0.15, 0.2) is 29.2 Å². The molecule has 3 rings (SSSR count). The van der Waals surface area contributed by atoms with Gasteiger partial charge in [-0.1, -0.05) is 6.07 Å². The number of nitriles is 1. The first-order chi connectivity index (χ1) is 9.63. The molecule has 0 unspecified atom stereocenters. The molecule has 0 saturated heterocycles. The zero-order valence-corrected chi connectivity index (χ0v) is 11.0. The van der Waals surface area contributed by atoms with Crippen LogP contribution in [0, 0.1) is 25.2 Å². The molecule has 0 radical (unpaired) electrons. The Balaban J connectivity index is 2.47. The molecule has 0 fully saturated rings. The van der Waals surface area contributed by atoms with Crippen LogP contribution in [0.3, 0.4) is 0 Å². The molecule has 6 nitrogen and oxygen atoms in total. The van der Waals surface area contributed by atoms with E-state index in [2.05, 4.69) is 15.0 Å². The van der Waals surface area contributed by atoms with Crippen LogP contribution < -0.4 is 5.56 Å². The Morgan fingerprint density at radius 3 is 2.80 bits per heavy atom. The van der Waals surface area contributed by atoms with Crippen LogP contribution in [-0.4, -0.2) is 19.4 Å². The normalized spacial score (nSPS) is 10.7. The Morgan fingerprint density at radius 1 is 1.35 bits per heavy atom. The molecule has 3 aromatic heterocycles. The summed E-state index contributed by atoms with van der Waals surface area (Å²) in [5.74, 6) is 0.207. The number of fused-ring (bicyclic) bond motifs is 1. The molecule has 3 heterocycles. The van der Waals surface area contributed by atoms with Gasteiger partial charge >= 0.3 is 0 Å². The lowest BCUT2D eigenvalue weighted by atomic mass is 10.2. The lowest BCUT2D eigenvalue weighted by Crippen LogP contribution is -2.15. The molecule has 1 N–H and O–H groups in total. The smallest absolute Gasteiger partial charge is 0.274 e. The largest absolute Gasteiger partial charge is 0.317 e. The Bertz CT molecular complexity index is 899. The average molecular weight is 265 g/mol. The summed E-state index contributed by atoms with van der Waals surface area (Å²) in [6.07, 6.45) is 1.65. The zero-order chi connectivity index (χ0) is 14.3. The molecule has 98 valence electrons. The maximum Gasteiger partial charge on any atom is 0.274 e. The van der Waals surface area contributed by atoms with Crippen molar-refractivity contribution in [2.75, 3.05) is 0 Å². The van der Waals surface area contributed by atoms with Crippen molar-refractivity contribution in [1.29, 1.82) is 5.26 Å². The second-order valence-electron chi connectivity index (χ2n) is 4.45. The van der Waals surface area contributed by atoms with Crippen LogP contribution in [0.4, 0.5) is 0 Å². The van der Waals surface area contributed by atoms with E-state index < -0.39 is 0 Å². The summed E-state index contributed by atoms with van der Waals surface area (Å²) in [6.45, 7) is 3.54. The fourth-order valence-corrected chi connectivity index (χ4v) is 2.33. The van der Waals surface area contributed by atoms with Crippen molar-refractivity contribution in [1.82, 2.24) is 19.4 Å². The molecule has 0 aromatic carbocycles. The van der Waals surface area contributed by atoms with Crippen molar-refractivity contribution in [3.05, 3.63) is 52.0 Å². The van der Waals surface area contributed by atoms with Gasteiger partial charge in [0.05, 0.1) is 17.1 Å². The number of nitrogens with zero attached hydrogens (tertiary/aromatic N) is 4. The van der Waals surface area contributed by atoms with E-state index in [9.17, 15) is 4.79 Å². The molecular weight excluding hydrogens is 254 g/mol. The molecule has 6 heteroatoms. The van der Waals surface area contributed by atoms with Crippen molar-refractivity contribution in [3.8, 4) is 17.5 Å². The van der Waals surface area contributed by atoms with Gasteiger partial charge in [0.1, 0.15) is 11.6 Å². The van der Waals surface area contributed by atoms with E-state index in [1.54, 1.807) is 29.7 Å². The van der Waals surface area contributed by atoms with Crippen LogP contribution in [0.2, 0.25) is 0 Å². The second-order valence-corrected chi connectivity index (χ2v) is 4.45. The van der Waals surface area contributed by atoms with E-state index in [0.717, 1.165) is 5.69 Å².